The van der Waals surface area contributed by atoms with Crippen molar-refractivity contribution < 1.29 is 19.4 Å². The van der Waals surface area contributed by atoms with Crippen molar-refractivity contribution in [2.45, 2.75) is 58.5 Å². The van der Waals surface area contributed by atoms with Crippen LogP contribution in [0.1, 0.15) is 52.4 Å². The molecule has 0 aromatic heterocycles. The predicted octanol–water partition coefficient (Wildman–Crippen LogP) is 2.92. The Bertz CT molecular complexity index is 271. The zero-order valence-electron chi connectivity index (χ0n) is 10.7. The summed E-state index contributed by atoms with van der Waals surface area (Å²) >= 11 is 0. The quantitative estimate of drug-likeness (QED) is 0.222. The molecule has 0 amide bonds. The third-order valence-corrected chi connectivity index (χ3v) is 2.52. The Morgan fingerprint density at radius 3 is 2.29 bits per heavy atom. The molecule has 0 heterocycles. The fourth-order valence-electron chi connectivity index (χ4n) is 1.52. The first-order valence-electron chi connectivity index (χ1n) is 6.16. The highest BCUT2D eigenvalue weighted by atomic mass is 16.5. The lowest BCUT2D eigenvalue weighted by atomic mass is 10.1. The number of carboxylic acids is 1. The highest BCUT2D eigenvalue weighted by molar-refractivity contribution is 6.12. The molecule has 1 unspecified atom stereocenters. The van der Waals surface area contributed by atoms with Gasteiger partial charge in [0, 0.05) is 0 Å². The van der Waals surface area contributed by atoms with Crippen LogP contribution in [-0.4, -0.2) is 23.1 Å². The minimum absolute atomic E-state index is 0.185. The van der Waals surface area contributed by atoms with Crippen LogP contribution >= 0.6 is 0 Å². The van der Waals surface area contributed by atoms with Crippen LogP contribution in [-0.2, 0) is 14.3 Å². The Hall–Kier alpha value is -1.32. The SMILES string of the molecule is C=C(C(=O)O)C(=O)OC(CCC)CCCCC. The average Bonchev–Trinajstić information content (AvgIpc) is 2.28. The smallest absolute Gasteiger partial charge is 0.345 e. The Balaban J connectivity index is 4.18. The van der Waals surface area contributed by atoms with Gasteiger partial charge in [0.05, 0.1) is 0 Å². The van der Waals surface area contributed by atoms with E-state index >= 15 is 0 Å². The van der Waals surface area contributed by atoms with Crippen LogP contribution in [0.25, 0.3) is 0 Å². The van der Waals surface area contributed by atoms with E-state index in [2.05, 4.69) is 13.5 Å². The van der Waals surface area contributed by atoms with Gasteiger partial charge in [0.15, 0.2) is 0 Å². The molecule has 0 saturated heterocycles. The minimum Gasteiger partial charge on any atom is -0.477 e. The highest BCUT2D eigenvalue weighted by Crippen LogP contribution is 2.13. The Kier molecular flexibility index (Phi) is 8.11. The molecular formula is C13H22O4. The van der Waals surface area contributed by atoms with E-state index in [9.17, 15) is 9.59 Å². The molecule has 0 radical (unpaired) electrons. The van der Waals surface area contributed by atoms with Crippen LogP contribution in [0, 0.1) is 0 Å². The van der Waals surface area contributed by atoms with Crippen LogP contribution in [0.15, 0.2) is 12.2 Å². The minimum atomic E-state index is -1.32. The summed E-state index contributed by atoms with van der Waals surface area (Å²) in [5.74, 6) is -2.13. The van der Waals surface area contributed by atoms with Crippen LogP contribution in [0.3, 0.4) is 0 Å². The van der Waals surface area contributed by atoms with Crippen molar-refractivity contribution in [2.75, 3.05) is 0 Å². The lowest BCUT2D eigenvalue weighted by Crippen LogP contribution is -2.22. The molecule has 4 nitrogen and oxygen atoms in total. The van der Waals surface area contributed by atoms with Crippen molar-refractivity contribution in [2.24, 2.45) is 0 Å². The summed E-state index contributed by atoms with van der Waals surface area (Å²) in [6.07, 6.45) is 5.47. The average molecular weight is 242 g/mol. The first-order chi connectivity index (χ1) is 8.02. The largest absolute Gasteiger partial charge is 0.477 e. The molecule has 17 heavy (non-hydrogen) atoms. The summed E-state index contributed by atoms with van der Waals surface area (Å²) in [7, 11) is 0. The van der Waals surface area contributed by atoms with Gasteiger partial charge < -0.3 is 9.84 Å². The van der Waals surface area contributed by atoms with Gasteiger partial charge in [-0.25, -0.2) is 9.59 Å². The molecule has 0 aliphatic carbocycles. The second-order valence-corrected chi connectivity index (χ2v) is 4.10. The molecule has 0 spiro atoms. The second kappa shape index (κ2) is 8.79. The Morgan fingerprint density at radius 2 is 1.82 bits per heavy atom. The summed E-state index contributed by atoms with van der Waals surface area (Å²) in [5.41, 5.74) is -0.499. The summed E-state index contributed by atoms with van der Waals surface area (Å²) < 4.78 is 5.14. The molecule has 1 atom stereocenters. The molecule has 98 valence electrons. The second-order valence-electron chi connectivity index (χ2n) is 4.10. The van der Waals surface area contributed by atoms with E-state index in [1.165, 1.54) is 0 Å². The molecule has 0 aliphatic rings. The number of carbonyl (C=O) groups excluding carboxylic acids is 1. The third-order valence-electron chi connectivity index (χ3n) is 2.52. The van der Waals surface area contributed by atoms with Gasteiger partial charge in [0.1, 0.15) is 11.7 Å². The molecule has 1 N–H and O–H groups in total. The third kappa shape index (κ3) is 6.76. The van der Waals surface area contributed by atoms with E-state index in [0.717, 1.165) is 38.5 Å². The number of carboxylic acid groups (broad SMARTS) is 1. The fraction of sp³-hybridized carbons (Fsp3) is 0.692. The van der Waals surface area contributed by atoms with Gasteiger partial charge in [-0.15, -0.1) is 0 Å². The van der Waals surface area contributed by atoms with Crippen molar-refractivity contribution in [1.29, 1.82) is 0 Å². The Labute approximate surface area is 103 Å². The first kappa shape index (κ1) is 15.7. The van der Waals surface area contributed by atoms with Gasteiger partial charge in [-0.2, -0.15) is 0 Å². The van der Waals surface area contributed by atoms with Gasteiger partial charge in [0.25, 0.3) is 0 Å². The van der Waals surface area contributed by atoms with E-state index in [0.29, 0.717) is 0 Å². The number of hydrogen-bond donors (Lipinski definition) is 1. The van der Waals surface area contributed by atoms with Crippen LogP contribution in [0.5, 0.6) is 0 Å². The standard InChI is InChI=1S/C13H22O4/c1-4-6-7-9-11(8-5-2)17-13(16)10(3)12(14)15/h11H,3-9H2,1-2H3,(H,14,15). The molecular weight excluding hydrogens is 220 g/mol. The summed E-state index contributed by atoms with van der Waals surface area (Å²) in [6.45, 7) is 7.30. The van der Waals surface area contributed by atoms with Crippen LogP contribution < -0.4 is 0 Å². The number of ether oxygens (including phenoxy) is 1. The van der Waals surface area contributed by atoms with Crippen LogP contribution in [0.2, 0.25) is 0 Å². The van der Waals surface area contributed by atoms with E-state index in [1.54, 1.807) is 0 Å². The van der Waals surface area contributed by atoms with Gasteiger partial charge in [0.2, 0.25) is 0 Å². The van der Waals surface area contributed by atoms with Gasteiger partial charge in [-0.3, -0.25) is 0 Å². The van der Waals surface area contributed by atoms with E-state index in [-0.39, 0.29) is 6.10 Å². The van der Waals surface area contributed by atoms with Gasteiger partial charge in [-0.1, -0.05) is 39.7 Å². The molecule has 0 rings (SSSR count). The lowest BCUT2D eigenvalue weighted by Gasteiger charge is -2.17. The highest BCUT2D eigenvalue weighted by Gasteiger charge is 2.20. The fourth-order valence-corrected chi connectivity index (χ4v) is 1.52. The molecule has 0 aliphatic heterocycles. The number of hydrogen-bond acceptors (Lipinski definition) is 3. The maximum Gasteiger partial charge on any atom is 0.345 e. The van der Waals surface area contributed by atoms with Gasteiger partial charge in [-0.05, 0) is 19.3 Å². The lowest BCUT2D eigenvalue weighted by molar-refractivity contribution is -0.148. The number of esters is 1. The van der Waals surface area contributed by atoms with Crippen molar-refractivity contribution in [3.63, 3.8) is 0 Å². The number of aliphatic carboxylic acids is 1. The van der Waals surface area contributed by atoms with E-state index in [1.807, 2.05) is 6.92 Å². The number of carbonyl (C=O) groups is 2. The molecule has 4 heteroatoms. The normalized spacial score (nSPS) is 11.9. The van der Waals surface area contributed by atoms with Crippen molar-refractivity contribution >= 4 is 11.9 Å². The zero-order chi connectivity index (χ0) is 13.3. The number of rotatable bonds is 9. The maximum absolute atomic E-state index is 11.4. The summed E-state index contributed by atoms with van der Waals surface area (Å²) in [6, 6.07) is 0. The summed E-state index contributed by atoms with van der Waals surface area (Å²) in [5, 5.41) is 8.61. The van der Waals surface area contributed by atoms with Crippen LogP contribution in [0.4, 0.5) is 0 Å². The van der Waals surface area contributed by atoms with Crippen molar-refractivity contribution in [3.8, 4) is 0 Å². The topological polar surface area (TPSA) is 63.6 Å². The first-order valence-corrected chi connectivity index (χ1v) is 6.16. The van der Waals surface area contributed by atoms with E-state index < -0.39 is 17.5 Å². The maximum atomic E-state index is 11.4. The molecule has 0 bridgehead atoms. The molecule has 0 aromatic rings. The number of unbranched alkanes of at least 4 members (excludes halogenated alkanes) is 2. The van der Waals surface area contributed by atoms with Crippen molar-refractivity contribution in [3.05, 3.63) is 12.2 Å². The zero-order valence-corrected chi connectivity index (χ0v) is 10.7. The van der Waals surface area contributed by atoms with E-state index in [4.69, 9.17) is 9.84 Å². The molecule has 0 fully saturated rings. The monoisotopic (exact) mass is 242 g/mol. The van der Waals surface area contributed by atoms with Gasteiger partial charge >= 0.3 is 11.9 Å². The summed E-state index contributed by atoms with van der Waals surface area (Å²) in [4.78, 5) is 21.9. The molecule has 0 saturated carbocycles. The van der Waals surface area contributed by atoms with Crippen molar-refractivity contribution in [1.82, 2.24) is 0 Å². The Morgan fingerprint density at radius 1 is 1.18 bits per heavy atom. The molecule has 0 aromatic carbocycles. The predicted molar refractivity (Wildman–Crippen MR) is 65.7 cm³/mol.